The number of carbonyl (C=O) groups excluding carboxylic acids is 1. The molecular weight excluding hydrogens is 274 g/mol. The number of aryl methyl sites for hydroxylation is 1. The summed E-state index contributed by atoms with van der Waals surface area (Å²) >= 11 is 1.43. The molecule has 0 saturated carbocycles. The van der Waals surface area contributed by atoms with Crippen LogP contribution in [-0.2, 0) is 0 Å². The lowest BCUT2D eigenvalue weighted by molar-refractivity contribution is 0.102. The Balaban J connectivity index is 2.29. The van der Waals surface area contributed by atoms with Crippen LogP contribution in [0.1, 0.15) is 33.8 Å². The predicted octanol–water partition coefficient (Wildman–Crippen LogP) is 2.73. The van der Waals surface area contributed by atoms with Crippen LogP contribution in [0.4, 0.5) is 5.13 Å². The fourth-order valence-corrected chi connectivity index (χ4v) is 2.42. The monoisotopic (exact) mass is 291 g/mol. The molecule has 0 spiro atoms. The Morgan fingerprint density at radius 1 is 1.50 bits per heavy atom. The van der Waals surface area contributed by atoms with Gasteiger partial charge < -0.3 is 10.5 Å². The fraction of sp³-hybridized carbons (Fsp3) is 0.286. The highest BCUT2D eigenvalue weighted by atomic mass is 32.1. The van der Waals surface area contributed by atoms with Crippen molar-refractivity contribution in [3.05, 3.63) is 40.4 Å². The lowest BCUT2D eigenvalue weighted by atomic mass is 10.0. The number of aromatic nitrogens is 1. The topological polar surface area (TPSA) is 77.2 Å². The second-order valence-corrected chi connectivity index (χ2v) is 5.71. The number of carbonyl (C=O) groups is 1. The van der Waals surface area contributed by atoms with E-state index in [4.69, 9.17) is 10.5 Å². The van der Waals surface area contributed by atoms with E-state index >= 15 is 0 Å². The molecule has 0 fully saturated rings. The molecule has 0 unspecified atom stereocenters. The molecule has 106 valence electrons. The van der Waals surface area contributed by atoms with E-state index in [1.807, 2.05) is 19.9 Å². The third-order valence-corrected chi connectivity index (χ3v) is 3.66. The molecule has 5 nitrogen and oxygen atoms in total. The van der Waals surface area contributed by atoms with Crippen molar-refractivity contribution in [1.29, 1.82) is 0 Å². The van der Waals surface area contributed by atoms with Gasteiger partial charge in [0.2, 0.25) is 0 Å². The summed E-state index contributed by atoms with van der Waals surface area (Å²) in [5, 5.41) is 3.34. The van der Waals surface area contributed by atoms with Crippen LogP contribution >= 0.6 is 11.3 Å². The van der Waals surface area contributed by atoms with Crippen LogP contribution in [0.3, 0.4) is 0 Å². The molecule has 3 N–H and O–H groups in total. The molecular formula is C14H17N3O2S. The Labute approximate surface area is 121 Å². The summed E-state index contributed by atoms with van der Waals surface area (Å²) in [5.74, 6) is 0.263. The average molecular weight is 291 g/mol. The summed E-state index contributed by atoms with van der Waals surface area (Å²) in [6, 6.07) is 5.21. The standard InChI is InChI=1S/C14H17N3O2S/c1-8-7-16-14(20-8)17-13(18)11-6-10(9(2)15)4-5-12(11)19-3/h4-7,9H,15H2,1-3H3,(H,16,17,18)/t9-/m0/s1. The maximum atomic E-state index is 12.3. The van der Waals surface area contributed by atoms with E-state index in [0.717, 1.165) is 10.4 Å². The van der Waals surface area contributed by atoms with E-state index in [2.05, 4.69) is 10.3 Å². The molecule has 1 aromatic carbocycles. The van der Waals surface area contributed by atoms with E-state index in [1.54, 1.807) is 18.3 Å². The number of nitrogens with two attached hydrogens (primary N) is 1. The van der Waals surface area contributed by atoms with Gasteiger partial charge in [0.25, 0.3) is 5.91 Å². The number of methoxy groups -OCH3 is 1. The first-order valence-electron chi connectivity index (χ1n) is 6.18. The molecule has 20 heavy (non-hydrogen) atoms. The number of hydrogen-bond acceptors (Lipinski definition) is 5. The van der Waals surface area contributed by atoms with Crippen LogP contribution < -0.4 is 15.8 Å². The van der Waals surface area contributed by atoms with Gasteiger partial charge in [0.05, 0.1) is 12.7 Å². The van der Waals surface area contributed by atoms with Crippen LogP contribution in [-0.4, -0.2) is 18.0 Å². The van der Waals surface area contributed by atoms with Crippen molar-refractivity contribution in [3.63, 3.8) is 0 Å². The van der Waals surface area contributed by atoms with Crippen LogP contribution in [0.5, 0.6) is 5.75 Å². The third-order valence-electron chi connectivity index (χ3n) is 2.84. The van der Waals surface area contributed by atoms with Gasteiger partial charge in [-0.15, -0.1) is 11.3 Å². The lowest BCUT2D eigenvalue weighted by Gasteiger charge is -2.12. The number of nitrogens with zero attached hydrogens (tertiary/aromatic N) is 1. The first-order valence-corrected chi connectivity index (χ1v) is 7.00. The van der Waals surface area contributed by atoms with Crippen molar-refractivity contribution in [1.82, 2.24) is 4.98 Å². The summed E-state index contributed by atoms with van der Waals surface area (Å²) in [4.78, 5) is 17.5. The number of hydrogen-bond donors (Lipinski definition) is 2. The molecule has 0 saturated heterocycles. The molecule has 0 aliphatic carbocycles. The molecule has 6 heteroatoms. The Morgan fingerprint density at radius 3 is 2.80 bits per heavy atom. The fourth-order valence-electron chi connectivity index (χ4n) is 1.76. The molecule has 1 heterocycles. The SMILES string of the molecule is COc1ccc([C@H](C)N)cc1C(=O)Nc1ncc(C)s1. The smallest absolute Gasteiger partial charge is 0.261 e. The third kappa shape index (κ3) is 3.15. The summed E-state index contributed by atoms with van der Waals surface area (Å²) in [7, 11) is 1.53. The first kappa shape index (κ1) is 14.5. The molecule has 0 aliphatic rings. The first-order chi connectivity index (χ1) is 9.51. The van der Waals surface area contributed by atoms with Crippen molar-refractivity contribution in [3.8, 4) is 5.75 Å². The average Bonchev–Trinajstić information content (AvgIpc) is 2.83. The van der Waals surface area contributed by atoms with Gasteiger partial charge in [-0.3, -0.25) is 10.1 Å². The van der Waals surface area contributed by atoms with Gasteiger partial charge in [0.15, 0.2) is 5.13 Å². The summed E-state index contributed by atoms with van der Waals surface area (Å²) < 4.78 is 5.23. The highest BCUT2D eigenvalue weighted by molar-refractivity contribution is 7.15. The summed E-state index contributed by atoms with van der Waals surface area (Å²) in [6.07, 6.45) is 1.72. The molecule has 2 rings (SSSR count). The minimum atomic E-state index is -0.251. The van der Waals surface area contributed by atoms with Gasteiger partial charge >= 0.3 is 0 Å². The molecule has 1 amide bonds. The highest BCUT2D eigenvalue weighted by Crippen LogP contribution is 2.24. The normalized spacial score (nSPS) is 12.0. The van der Waals surface area contributed by atoms with Gasteiger partial charge in [-0.05, 0) is 31.5 Å². The molecule has 0 radical (unpaired) electrons. The Kier molecular flexibility index (Phi) is 4.36. The van der Waals surface area contributed by atoms with Crippen LogP contribution in [0, 0.1) is 6.92 Å². The molecule has 2 aromatic rings. The van der Waals surface area contributed by atoms with E-state index in [9.17, 15) is 4.79 Å². The second kappa shape index (κ2) is 6.02. The second-order valence-electron chi connectivity index (χ2n) is 4.48. The zero-order valence-electron chi connectivity index (χ0n) is 11.6. The van der Waals surface area contributed by atoms with Gasteiger partial charge in [-0.1, -0.05) is 6.07 Å². The Bertz CT molecular complexity index is 623. The van der Waals surface area contributed by atoms with Crippen molar-refractivity contribution >= 4 is 22.4 Å². The number of rotatable bonds is 4. The van der Waals surface area contributed by atoms with Crippen LogP contribution in [0.2, 0.25) is 0 Å². The number of ether oxygens (including phenoxy) is 1. The highest BCUT2D eigenvalue weighted by Gasteiger charge is 2.15. The van der Waals surface area contributed by atoms with E-state index in [-0.39, 0.29) is 11.9 Å². The number of amides is 1. The van der Waals surface area contributed by atoms with E-state index in [0.29, 0.717) is 16.4 Å². The van der Waals surface area contributed by atoms with Crippen molar-refractivity contribution < 1.29 is 9.53 Å². The van der Waals surface area contributed by atoms with Crippen molar-refractivity contribution in [2.75, 3.05) is 12.4 Å². The Morgan fingerprint density at radius 2 is 2.25 bits per heavy atom. The summed E-state index contributed by atoms with van der Waals surface area (Å²) in [6.45, 7) is 3.80. The van der Waals surface area contributed by atoms with Crippen LogP contribution in [0.15, 0.2) is 24.4 Å². The predicted molar refractivity (Wildman–Crippen MR) is 80.4 cm³/mol. The zero-order chi connectivity index (χ0) is 14.7. The lowest BCUT2D eigenvalue weighted by Crippen LogP contribution is -2.14. The zero-order valence-corrected chi connectivity index (χ0v) is 12.5. The summed E-state index contributed by atoms with van der Waals surface area (Å²) in [5.41, 5.74) is 7.18. The quantitative estimate of drug-likeness (QED) is 0.908. The number of nitrogens with one attached hydrogen (secondary N) is 1. The maximum absolute atomic E-state index is 12.3. The molecule has 0 bridgehead atoms. The van der Waals surface area contributed by atoms with E-state index in [1.165, 1.54) is 18.4 Å². The molecule has 1 atom stereocenters. The molecule has 0 aliphatic heterocycles. The Hall–Kier alpha value is -1.92. The van der Waals surface area contributed by atoms with E-state index < -0.39 is 0 Å². The van der Waals surface area contributed by atoms with Crippen molar-refractivity contribution in [2.24, 2.45) is 5.73 Å². The van der Waals surface area contributed by atoms with Crippen LogP contribution in [0.25, 0.3) is 0 Å². The minimum absolute atomic E-state index is 0.144. The molecule has 1 aromatic heterocycles. The number of benzene rings is 1. The maximum Gasteiger partial charge on any atom is 0.261 e. The largest absolute Gasteiger partial charge is 0.496 e. The minimum Gasteiger partial charge on any atom is -0.496 e. The van der Waals surface area contributed by atoms with Gasteiger partial charge in [-0.25, -0.2) is 4.98 Å². The number of anilines is 1. The van der Waals surface area contributed by atoms with Gasteiger partial charge in [-0.2, -0.15) is 0 Å². The van der Waals surface area contributed by atoms with Crippen molar-refractivity contribution in [2.45, 2.75) is 19.9 Å². The van der Waals surface area contributed by atoms with Gasteiger partial charge in [0.1, 0.15) is 5.75 Å². The number of thiazole rings is 1. The van der Waals surface area contributed by atoms with Gasteiger partial charge in [0, 0.05) is 17.1 Å².